The van der Waals surface area contributed by atoms with Crippen LogP contribution in [0.1, 0.15) is 0 Å². The Morgan fingerprint density at radius 2 is 0.725 bits per heavy atom. The Balaban J connectivity index is 0.955. The van der Waals surface area contributed by atoms with Gasteiger partial charge in [0.2, 0.25) is 5.95 Å². The van der Waals surface area contributed by atoms with E-state index in [4.69, 9.17) is 14.4 Å². The van der Waals surface area contributed by atoms with Crippen molar-refractivity contribution >= 4 is 87.6 Å². The number of para-hydroxylation sites is 5. The summed E-state index contributed by atoms with van der Waals surface area (Å²) in [5.74, 6) is 0.618. The van der Waals surface area contributed by atoms with Crippen LogP contribution in [0.5, 0.6) is 0 Å². The van der Waals surface area contributed by atoms with Crippen molar-refractivity contribution in [2.45, 2.75) is 0 Å². The van der Waals surface area contributed by atoms with Crippen molar-refractivity contribution in [3.8, 4) is 45.5 Å². The Morgan fingerprint density at radius 1 is 0.290 bits per heavy atom. The standard InChI is InChI=1S/C62H38N6O/c1-3-18-39(19-4-1)50-38-51(40-20-5-2-6-21-40)64-62(63-50)68-55-32-15-10-27-47(55)58-59(68)46-26-9-14-31-54(46)66(58)41-22-17-23-42(36-41)67-56-33-16-11-28-48(56)61-60(67)49-35-34-43(37-57(49)69-61)65-52-29-12-7-24-44(52)45-25-8-13-30-53(45)65/h1-38H. The van der Waals surface area contributed by atoms with E-state index in [2.05, 4.69) is 237 Å². The Labute approximate surface area is 394 Å². The van der Waals surface area contributed by atoms with Gasteiger partial charge in [-0.05, 0) is 72.8 Å². The zero-order valence-corrected chi connectivity index (χ0v) is 37.0. The van der Waals surface area contributed by atoms with Gasteiger partial charge in [0.25, 0.3) is 0 Å². The van der Waals surface area contributed by atoms with Crippen LogP contribution in [0, 0.1) is 0 Å². The van der Waals surface area contributed by atoms with Gasteiger partial charge >= 0.3 is 0 Å². The highest BCUT2D eigenvalue weighted by Crippen LogP contribution is 2.44. The van der Waals surface area contributed by atoms with Crippen molar-refractivity contribution in [3.63, 3.8) is 0 Å². The Kier molecular flexibility index (Phi) is 7.94. The van der Waals surface area contributed by atoms with Crippen LogP contribution >= 0.6 is 0 Å². The van der Waals surface area contributed by atoms with E-state index in [1.807, 2.05) is 12.1 Å². The first-order valence-corrected chi connectivity index (χ1v) is 23.3. The van der Waals surface area contributed by atoms with Crippen molar-refractivity contribution < 1.29 is 4.42 Å². The quantitative estimate of drug-likeness (QED) is 0.167. The van der Waals surface area contributed by atoms with Crippen LogP contribution in [0.2, 0.25) is 0 Å². The molecule has 0 radical (unpaired) electrons. The van der Waals surface area contributed by atoms with Crippen LogP contribution in [0.15, 0.2) is 235 Å². The van der Waals surface area contributed by atoms with E-state index in [9.17, 15) is 0 Å². The van der Waals surface area contributed by atoms with Gasteiger partial charge in [0.1, 0.15) is 11.1 Å². The second kappa shape index (κ2) is 14.5. The number of benzene rings is 9. The van der Waals surface area contributed by atoms with Gasteiger partial charge in [-0.3, -0.25) is 4.57 Å². The fourth-order valence-corrected chi connectivity index (χ4v) is 11.0. The lowest BCUT2D eigenvalue weighted by molar-refractivity contribution is 0.672. The number of hydrogen-bond acceptors (Lipinski definition) is 3. The summed E-state index contributed by atoms with van der Waals surface area (Å²) in [5.41, 5.74) is 17.4. The summed E-state index contributed by atoms with van der Waals surface area (Å²) < 4.78 is 16.4. The molecule has 0 atom stereocenters. The van der Waals surface area contributed by atoms with Gasteiger partial charge < -0.3 is 18.1 Å². The minimum atomic E-state index is 0.618. The van der Waals surface area contributed by atoms with E-state index in [1.165, 1.54) is 21.8 Å². The number of aromatic nitrogens is 6. The Bertz CT molecular complexity index is 4430. The topological polar surface area (TPSA) is 58.6 Å². The van der Waals surface area contributed by atoms with Crippen LogP contribution in [-0.4, -0.2) is 28.2 Å². The maximum atomic E-state index is 6.96. The molecule has 0 spiro atoms. The van der Waals surface area contributed by atoms with E-state index in [1.54, 1.807) is 0 Å². The first-order chi connectivity index (χ1) is 34.2. The fourth-order valence-electron chi connectivity index (χ4n) is 11.0. The zero-order valence-electron chi connectivity index (χ0n) is 37.0. The minimum absolute atomic E-state index is 0.618. The van der Waals surface area contributed by atoms with Crippen molar-refractivity contribution in [2.24, 2.45) is 0 Å². The monoisotopic (exact) mass is 882 g/mol. The molecule has 0 aliphatic heterocycles. The van der Waals surface area contributed by atoms with Gasteiger partial charge in [-0.25, -0.2) is 9.97 Å². The molecule has 15 aromatic rings. The average molecular weight is 883 g/mol. The molecule has 6 heterocycles. The molecule has 0 aliphatic carbocycles. The predicted molar refractivity (Wildman–Crippen MR) is 283 cm³/mol. The summed E-state index contributed by atoms with van der Waals surface area (Å²) in [6.07, 6.45) is 0. The predicted octanol–water partition coefficient (Wildman–Crippen LogP) is 15.8. The van der Waals surface area contributed by atoms with Gasteiger partial charge in [0.15, 0.2) is 5.58 Å². The number of hydrogen-bond donors (Lipinski definition) is 0. The van der Waals surface area contributed by atoms with Crippen molar-refractivity contribution in [3.05, 3.63) is 231 Å². The molecule has 7 nitrogen and oxygen atoms in total. The summed E-state index contributed by atoms with van der Waals surface area (Å²) >= 11 is 0. The van der Waals surface area contributed by atoms with Gasteiger partial charge in [-0.15, -0.1) is 0 Å². The smallest absolute Gasteiger partial charge is 0.235 e. The molecule has 69 heavy (non-hydrogen) atoms. The summed E-state index contributed by atoms with van der Waals surface area (Å²) in [6, 6.07) is 81.6. The molecular formula is C62H38N6O. The van der Waals surface area contributed by atoms with E-state index in [0.717, 1.165) is 105 Å². The van der Waals surface area contributed by atoms with E-state index >= 15 is 0 Å². The molecule has 9 aromatic carbocycles. The Hall–Kier alpha value is -9.46. The normalized spacial score (nSPS) is 12.1. The third-order valence-electron chi connectivity index (χ3n) is 14.0. The Morgan fingerprint density at radius 3 is 1.30 bits per heavy atom. The maximum Gasteiger partial charge on any atom is 0.235 e. The molecule has 322 valence electrons. The highest BCUT2D eigenvalue weighted by atomic mass is 16.3. The van der Waals surface area contributed by atoms with E-state index in [-0.39, 0.29) is 0 Å². The molecule has 6 aromatic heterocycles. The number of fused-ring (bicyclic) bond motifs is 13. The highest BCUT2D eigenvalue weighted by molar-refractivity contribution is 6.20. The summed E-state index contributed by atoms with van der Waals surface area (Å²) in [4.78, 5) is 10.7. The van der Waals surface area contributed by atoms with Crippen LogP contribution in [0.3, 0.4) is 0 Å². The number of nitrogens with zero attached hydrogens (tertiary/aromatic N) is 6. The maximum absolute atomic E-state index is 6.96. The first kappa shape index (κ1) is 37.7. The lowest BCUT2D eigenvalue weighted by atomic mass is 10.1. The first-order valence-electron chi connectivity index (χ1n) is 23.3. The minimum Gasteiger partial charge on any atom is -0.454 e. The summed E-state index contributed by atoms with van der Waals surface area (Å²) in [6.45, 7) is 0. The van der Waals surface area contributed by atoms with Crippen molar-refractivity contribution in [1.82, 2.24) is 28.2 Å². The summed E-state index contributed by atoms with van der Waals surface area (Å²) in [7, 11) is 0. The third-order valence-corrected chi connectivity index (χ3v) is 14.0. The van der Waals surface area contributed by atoms with Gasteiger partial charge in [0.05, 0.1) is 50.0 Å². The molecule has 15 rings (SSSR count). The fraction of sp³-hybridized carbons (Fsp3) is 0. The van der Waals surface area contributed by atoms with Crippen molar-refractivity contribution in [1.29, 1.82) is 0 Å². The molecule has 0 N–H and O–H groups in total. The SMILES string of the molecule is c1ccc(-c2cc(-c3ccccc3)nc(-n3c4ccccc4c4c3c3ccccc3n4-c3cccc(-n4c5ccccc5c5oc6cc(-n7c8ccccc8c8ccccc87)ccc6c54)c3)n2)cc1. The third kappa shape index (κ3) is 5.50. The second-order valence-electron chi connectivity index (χ2n) is 17.8. The van der Waals surface area contributed by atoms with Crippen LogP contribution in [-0.2, 0) is 0 Å². The average Bonchev–Trinajstić information content (AvgIpc) is 4.21. The summed E-state index contributed by atoms with van der Waals surface area (Å²) in [5, 5.41) is 6.80. The molecule has 0 unspecified atom stereocenters. The molecule has 0 fully saturated rings. The lowest BCUT2D eigenvalue weighted by Crippen LogP contribution is -2.03. The number of rotatable bonds is 6. The second-order valence-corrected chi connectivity index (χ2v) is 17.8. The van der Waals surface area contributed by atoms with Crippen molar-refractivity contribution in [2.75, 3.05) is 0 Å². The van der Waals surface area contributed by atoms with Gasteiger partial charge in [0, 0.05) is 66.6 Å². The number of furan rings is 1. The van der Waals surface area contributed by atoms with Crippen LogP contribution < -0.4 is 0 Å². The van der Waals surface area contributed by atoms with Crippen LogP contribution in [0.25, 0.3) is 133 Å². The molecule has 0 saturated heterocycles. The largest absolute Gasteiger partial charge is 0.454 e. The lowest BCUT2D eigenvalue weighted by Gasteiger charge is -2.13. The molecular weight excluding hydrogens is 845 g/mol. The zero-order chi connectivity index (χ0) is 45.2. The molecule has 0 amide bonds. The molecule has 0 saturated carbocycles. The van der Waals surface area contributed by atoms with Gasteiger partial charge in [-0.2, -0.15) is 0 Å². The molecule has 0 bridgehead atoms. The molecule has 0 aliphatic rings. The van der Waals surface area contributed by atoms with Crippen LogP contribution in [0.4, 0.5) is 0 Å². The van der Waals surface area contributed by atoms with E-state index < -0.39 is 0 Å². The molecule has 7 heteroatoms. The van der Waals surface area contributed by atoms with E-state index in [0.29, 0.717) is 5.95 Å². The van der Waals surface area contributed by atoms with Gasteiger partial charge in [-0.1, -0.05) is 152 Å². The highest BCUT2D eigenvalue weighted by Gasteiger charge is 2.26.